The molecule has 3 heterocycles. The topological polar surface area (TPSA) is 70.8 Å². The Morgan fingerprint density at radius 1 is 1.32 bits per heavy atom. The van der Waals surface area contributed by atoms with Crippen LogP contribution in [0.5, 0.6) is 0 Å². The zero-order valence-electron chi connectivity index (χ0n) is 15.2. The van der Waals surface area contributed by atoms with Gasteiger partial charge in [0.2, 0.25) is 0 Å². The van der Waals surface area contributed by atoms with Crippen LogP contribution in [0.1, 0.15) is 17.5 Å². The Hall–Kier alpha value is -3.45. The van der Waals surface area contributed by atoms with Crippen LogP contribution in [0.25, 0.3) is 22.5 Å². The SMILES string of the molecule is C=C1C(C)=CC(c2cn[nH]c2-c2ccc(F)cc2)=CN1/C(=C\N)c1nccs1. The Bertz CT molecular complexity index is 1100. The zero-order chi connectivity index (χ0) is 19.7. The van der Waals surface area contributed by atoms with E-state index in [1.807, 2.05) is 29.5 Å². The number of allylic oxidation sites excluding steroid dienone is 3. The van der Waals surface area contributed by atoms with Crippen molar-refractivity contribution >= 4 is 22.6 Å². The molecule has 1 aromatic carbocycles. The van der Waals surface area contributed by atoms with Gasteiger partial charge in [-0.2, -0.15) is 5.10 Å². The summed E-state index contributed by atoms with van der Waals surface area (Å²) < 4.78 is 13.3. The van der Waals surface area contributed by atoms with Crippen LogP contribution in [0, 0.1) is 5.82 Å². The van der Waals surface area contributed by atoms with Crippen molar-refractivity contribution in [1.82, 2.24) is 20.1 Å². The van der Waals surface area contributed by atoms with E-state index >= 15 is 0 Å². The summed E-state index contributed by atoms with van der Waals surface area (Å²) in [7, 11) is 0. The molecule has 7 heteroatoms. The number of H-pyrrole nitrogens is 1. The van der Waals surface area contributed by atoms with E-state index in [1.54, 1.807) is 24.5 Å². The van der Waals surface area contributed by atoms with Gasteiger partial charge < -0.3 is 10.6 Å². The van der Waals surface area contributed by atoms with Gasteiger partial charge in [-0.05, 0) is 42.8 Å². The van der Waals surface area contributed by atoms with Crippen LogP contribution in [0.2, 0.25) is 0 Å². The van der Waals surface area contributed by atoms with E-state index in [9.17, 15) is 4.39 Å². The van der Waals surface area contributed by atoms with Gasteiger partial charge in [-0.1, -0.05) is 6.58 Å². The van der Waals surface area contributed by atoms with Gasteiger partial charge in [-0.15, -0.1) is 11.3 Å². The highest BCUT2D eigenvalue weighted by Gasteiger charge is 2.22. The number of aromatic amines is 1. The van der Waals surface area contributed by atoms with Gasteiger partial charge in [-0.3, -0.25) is 5.10 Å². The van der Waals surface area contributed by atoms with Crippen LogP contribution in [0.4, 0.5) is 4.39 Å². The van der Waals surface area contributed by atoms with Crippen molar-refractivity contribution < 1.29 is 4.39 Å². The third-order valence-electron chi connectivity index (χ3n) is 4.54. The van der Waals surface area contributed by atoms with Crippen molar-refractivity contribution in [1.29, 1.82) is 0 Å². The molecule has 0 fully saturated rings. The number of nitrogens with one attached hydrogen (secondary N) is 1. The van der Waals surface area contributed by atoms with Crippen LogP contribution >= 0.6 is 11.3 Å². The van der Waals surface area contributed by atoms with Crippen molar-refractivity contribution in [3.05, 3.63) is 94.8 Å². The monoisotopic (exact) mass is 391 g/mol. The molecule has 0 bridgehead atoms. The van der Waals surface area contributed by atoms with E-state index in [-0.39, 0.29) is 5.82 Å². The first-order valence-corrected chi connectivity index (χ1v) is 9.46. The molecule has 1 aliphatic rings. The van der Waals surface area contributed by atoms with E-state index in [0.29, 0.717) is 0 Å². The predicted octanol–water partition coefficient (Wildman–Crippen LogP) is 4.75. The Morgan fingerprint density at radius 3 is 2.79 bits per heavy atom. The van der Waals surface area contributed by atoms with Crippen molar-refractivity contribution in [3.63, 3.8) is 0 Å². The quantitative estimate of drug-likeness (QED) is 0.674. The highest BCUT2D eigenvalue weighted by Crippen LogP contribution is 2.37. The first kappa shape index (κ1) is 17.9. The normalized spacial score (nSPS) is 14.9. The van der Waals surface area contributed by atoms with Crippen LogP contribution in [0.3, 0.4) is 0 Å². The maximum Gasteiger partial charge on any atom is 0.141 e. The lowest BCUT2D eigenvalue weighted by Crippen LogP contribution is -2.19. The third-order valence-corrected chi connectivity index (χ3v) is 5.33. The predicted molar refractivity (Wildman–Crippen MR) is 111 cm³/mol. The molecule has 0 atom stereocenters. The average molecular weight is 391 g/mol. The Kier molecular flexibility index (Phi) is 4.67. The molecule has 0 unspecified atom stereocenters. The first-order chi connectivity index (χ1) is 13.6. The molecule has 28 heavy (non-hydrogen) atoms. The number of aromatic nitrogens is 3. The summed E-state index contributed by atoms with van der Waals surface area (Å²) in [5, 5.41) is 9.93. The summed E-state index contributed by atoms with van der Waals surface area (Å²) in [6, 6.07) is 6.32. The van der Waals surface area contributed by atoms with Gasteiger partial charge in [0.05, 0.1) is 17.6 Å². The molecule has 0 saturated heterocycles. The zero-order valence-corrected chi connectivity index (χ0v) is 16.0. The summed E-state index contributed by atoms with van der Waals surface area (Å²) in [4.78, 5) is 6.30. The van der Waals surface area contributed by atoms with Gasteiger partial charge in [0.15, 0.2) is 0 Å². The number of benzene rings is 1. The summed E-state index contributed by atoms with van der Waals surface area (Å²) >= 11 is 1.51. The number of nitrogens with zero attached hydrogens (tertiary/aromatic N) is 3. The second-order valence-corrected chi connectivity index (χ2v) is 7.18. The average Bonchev–Trinajstić information content (AvgIpc) is 3.38. The number of nitrogens with two attached hydrogens (primary N) is 1. The molecule has 4 rings (SSSR count). The molecule has 0 radical (unpaired) electrons. The van der Waals surface area contributed by atoms with E-state index in [1.165, 1.54) is 29.7 Å². The molecule has 0 saturated carbocycles. The molecule has 5 nitrogen and oxygen atoms in total. The Balaban J connectivity index is 1.79. The molecule has 0 spiro atoms. The fourth-order valence-corrected chi connectivity index (χ4v) is 3.73. The molecule has 3 aromatic rings. The van der Waals surface area contributed by atoms with Crippen LogP contribution in [0.15, 0.2) is 78.4 Å². The molecule has 140 valence electrons. The molecule has 0 aliphatic carbocycles. The standard InChI is InChI=1S/C21H18FN5S/c1-13-9-16(12-27(14(13)2)19(10-23)21-24-7-8-28-21)18-11-25-26-20(18)15-3-5-17(22)6-4-15/h3-12H,2,23H2,1H3,(H,25,26)/b19-10-. The van der Waals surface area contributed by atoms with Gasteiger partial charge >= 0.3 is 0 Å². The van der Waals surface area contributed by atoms with E-state index in [0.717, 1.165) is 44.4 Å². The Morgan fingerprint density at radius 2 is 2.11 bits per heavy atom. The molecular formula is C21H18FN5S. The Labute approximate surface area is 166 Å². The van der Waals surface area contributed by atoms with Gasteiger partial charge in [0.1, 0.15) is 10.8 Å². The molecule has 0 amide bonds. The lowest BCUT2D eigenvalue weighted by Gasteiger charge is -2.29. The number of hydrogen-bond donors (Lipinski definition) is 2. The van der Waals surface area contributed by atoms with Crippen molar-refractivity contribution in [3.8, 4) is 11.3 Å². The number of thiazole rings is 1. The molecular weight excluding hydrogens is 373 g/mol. The molecule has 3 N–H and O–H groups in total. The highest BCUT2D eigenvalue weighted by molar-refractivity contribution is 7.10. The first-order valence-electron chi connectivity index (χ1n) is 8.58. The van der Waals surface area contributed by atoms with E-state index in [2.05, 4.69) is 21.8 Å². The lowest BCUT2D eigenvalue weighted by atomic mass is 9.97. The molecule has 2 aromatic heterocycles. The van der Waals surface area contributed by atoms with Gasteiger partial charge in [-0.25, -0.2) is 9.37 Å². The number of hydrogen-bond acceptors (Lipinski definition) is 5. The minimum atomic E-state index is -0.277. The van der Waals surface area contributed by atoms with Gasteiger partial charge in [0, 0.05) is 46.4 Å². The van der Waals surface area contributed by atoms with Crippen molar-refractivity contribution in [2.75, 3.05) is 0 Å². The fourth-order valence-electron chi connectivity index (χ4n) is 3.07. The highest BCUT2D eigenvalue weighted by atomic mass is 32.1. The second-order valence-electron chi connectivity index (χ2n) is 6.28. The maximum atomic E-state index is 13.3. The lowest BCUT2D eigenvalue weighted by molar-refractivity contribution is 0.628. The third kappa shape index (κ3) is 3.16. The van der Waals surface area contributed by atoms with Crippen LogP contribution in [-0.2, 0) is 0 Å². The second kappa shape index (κ2) is 7.28. The van der Waals surface area contributed by atoms with E-state index in [4.69, 9.17) is 5.73 Å². The minimum Gasteiger partial charge on any atom is -0.403 e. The van der Waals surface area contributed by atoms with Crippen molar-refractivity contribution in [2.45, 2.75) is 6.92 Å². The summed E-state index contributed by atoms with van der Waals surface area (Å²) in [5.74, 6) is -0.277. The number of halogens is 1. The maximum absolute atomic E-state index is 13.3. The number of rotatable bonds is 4. The van der Waals surface area contributed by atoms with Crippen LogP contribution < -0.4 is 5.73 Å². The summed E-state index contributed by atoms with van der Waals surface area (Å²) in [6.07, 6.45) is 9.05. The van der Waals surface area contributed by atoms with Gasteiger partial charge in [0.25, 0.3) is 0 Å². The molecule has 1 aliphatic heterocycles. The smallest absolute Gasteiger partial charge is 0.141 e. The summed E-state index contributed by atoms with van der Waals surface area (Å²) in [5.41, 5.74) is 12.0. The largest absolute Gasteiger partial charge is 0.403 e. The van der Waals surface area contributed by atoms with Crippen molar-refractivity contribution in [2.24, 2.45) is 5.73 Å². The fraction of sp³-hybridized carbons (Fsp3) is 0.0476. The minimum absolute atomic E-state index is 0.277. The van der Waals surface area contributed by atoms with Crippen LogP contribution in [-0.4, -0.2) is 20.1 Å². The van der Waals surface area contributed by atoms with E-state index < -0.39 is 0 Å². The summed E-state index contributed by atoms with van der Waals surface area (Å²) in [6.45, 7) is 6.19.